The highest BCUT2D eigenvalue weighted by Crippen LogP contribution is 2.41. The molecule has 2 heteroatoms. The molecule has 0 radical (unpaired) electrons. The lowest BCUT2D eigenvalue weighted by Crippen LogP contribution is -2.44. The first kappa shape index (κ1) is 8.47. The third-order valence-corrected chi connectivity index (χ3v) is 2.62. The average molecular weight is 153 g/mol. The van der Waals surface area contributed by atoms with E-state index in [2.05, 4.69) is 6.58 Å². The average Bonchev–Trinajstić information content (AvgIpc) is 1.87. The molecule has 2 nitrogen and oxygen atoms in total. The van der Waals surface area contributed by atoms with E-state index in [-0.39, 0.29) is 11.2 Å². The summed E-state index contributed by atoms with van der Waals surface area (Å²) in [6, 6.07) is 0. The molecule has 0 unspecified atom stereocenters. The second kappa shape index (κ2) is 3.18. The normalized spacial score (nSPS) is 20.5. The first-order valence-corrected chi connectivity index (χ1v) is 4.09. The Morgan fingerprint density at radius 2 is 2.27 bits per heavy atom. The highest BCUT2D eigenvalue weighted by molar-refractivity contribution is 5.87. The highest BCUT2D eigenvalue weighted by Gasteiger charge is 2.41. The van der Waals surface area contributed by atoms with Crippen molar-refractivity contribution in [3.8, 4) is 0 Å². The van der Waals surface area contributed by atoms with E-state index in [9.17, 15) is 4.79 Å². The van der Waals surface area contributed by atoms with Gasteiger partial charge >= 0.3 is 0 Å². The Balaban J connectivity index is 2.54. The molecule has 0 saturated heterocycles. The van der Waals surface area contributed by atoms with Crippen LogP contribution >= 0.6 is 0 Å². The molecular formula is C9H15NO. The van der Waals surface area contributed by atoms with Crippen molar-refractivity contribution in [2.24, 2.45) is 11.1 Å². The summed E-state index contributed by atoms with van der Waals surface area (Å²) in [6.07, 6.45) is 5.27. The molecule has 1 rings (SSSR count). The highest BCUT2D eigenvalue weighted by atomic mass is 16.1. The minimum Gasteiger partial charge on any atom is -0.329 e. The molecule has 0 atom stereocenters. The zero-order valence-electron chi connectivity index (χ0n) is 6.81. The van der Waals surface area contributed by atoms with Crippen LogP contribution in [0.2, 0.25) is 0 Å². The maximum absolute atomic E-state index is 11.4. The van der Waals surface area contributed by atoms with E-state index in [0.717, 1.165) is 19.3 Å². The Morgan fingerprint density at radius 1 is 1.64 bits per heavy atom. The van der Waals surface area contributed by atoms with Gasteiger partial charge in [0.1, 0.15) is 5.78 Å². The van der Waals surface area contributed by atoms with Crippen LogP contribution in [0.25, 0.3) is 0 Å². The van der Waals surface area contributed by atoms with Gasteiger partial charge in [0.2, 0.25) is 0 Å². The minimum atomic E-state index is -0.159. The maximum atomic E-state index is 11.4. The lowest BCUT2D eigenvalue weighted by Gasteiger charge is -2.39. The van der Waals surface area contributed by atoms with Crippen LogP contribution in [0.5, 0.6) is 0 Å². The summed E-state index contributed by atoms with van der Waals surface area (Å²) in [6.45, 7) is 4.06. The molecule has 0 amide bonds. The third-order valence-electron chi connectivity index (χ3n) is 2.62. The van der Waals surface area contributed by atoms with E-state index >= 15 is 0 Å². The van der Waals surface area contributed by atoms with E-state index < -0.39 is 0 Å². The number of hydrogen-bond donors (Lipinski definition) is 1. The van der Waals surface area contributed by atoms with E-state index in [4.69, 9.17) is 5.73 Å². The maximum Gasteiger partial charge on any atom is 0.144 e. The summed E-state index contributed by atoms with van der Waals surface area (Å²) in [4.78, 5) is 11.4. The number of hydrogen-bond acceptors (Lipinski definition) is 2. The summed E-state index contributed by atoms with van der Waals surface area (Å²) in [7, 11) is 0. The Kier molecular flexibility index (Phi) is 2.45. The fourth-order valence-electron chi connectivity index (χ4n) is 1.55. The van der Waals surface area contributed by atoms with E-state index in [0.29, 0.717) is 13.0 Å². The molecule has 62 valence electrons. The van der Waals surface area contributed by atoms with Gasteiger partial charge in [-0.15, -0.1) is 6.58 Å². The second-order valence-corrected chi connectivity index (χ2v) is 3.25. The van der Waals surface area contributed by atoms with Gasteiger partial charge in [0.05, 0.1) is 0 Å². The van der Waals surface area contributed by atoms with E-state index in [1.54, 1.807) is 6.08 Å². The van der Waals surface area contributed by atoms with Crippen molar-refractivity contribution >= 4 is 5.78 Å². The fourth-order valence-corrected chi connectivity index (χ4v) is 1.55. The third kappa shape index (κ3) is 1.36. The van der Waals surface area contributed by atoms with E-state index in [1.807, 2.05) is 0 Å². The molecular weight excluding hydrogens is 138 g/mol. The van der Waals surface area contributed by atoms with Crippen molar-refractivity contribution < 1.29 is 4.79 Å². The number of allylic oxidation sites excluding steroid dienone is 1. The van der Waals surface area contributed by atoms with E-state index in [1.165, 1.54) is 0 Å². The predicted molar refractivity (Wildman–Crippen MR) is 45.2 cm³/mol. The van der Waals surface area contributed by atoms with Gasteiger partial charge in [-0.2, -0.15) is 0 Å². The summed E-state index contributed by atoms with van der Waals surface area (Å²) in [5.41, 5.74) is 5.39. The van der Waals surface area contributed by atoms with Crippen LogP contribution < -0.4 is 5.73 Å². The van der Waals surface area contributed by atoms with Gasteiger partial charge in [-0.1, -0.05) is 12.5 Å². The van der Waals surface area contributed by atoms with Gasteiger partial charge in [0, 0.05) is 18.4 Å². The number of rotatable bonds is 4. The Morgan fingerprint density at radius 3 is 2.55 bits per heavy atom. The Hall–Kier alpha value is -0.630. The molecule has 1 aliphatic rings. The largest absolute Gasteiger partial charge is 0.329 e. The van der Waals surface area contributed by atoms with Crippen LogP contribution in [-0.2, 0) is 4.79 Å². The lowest BCUT2D eigenvalue weighted by atomic mass is 9.65. The first-order valence-electron chi connectivity index (χ1n) is 4.09. The summed E-state index contributed by atoms with van der Waals surface area (Å²) >= 11 is 0. The monoisotopic (exact) mass is 153 g/mol. The first-order chi connectivity index (χ1) is 5.25. The van der Waals surface area contributed by atoms with Gasteiger partial charge in [0.15, 0.2) is 0 Å². The fraction of sp³-hybridized carbons (Fsp3) is 0.667. The number of nitrogens with two attached hydrogens (primary N) is 1. The molecule has 2 N–H and O–H groups in total. The summed E-state index contributed by atoms with van der Waals surface area (Å²) in [5.74, 6) is 0.279. The summed E-state index contributed by atoms with van der Waals surface area (Å²) in [5, 5.41) is 0. The van der Waals surface area contributed by atoms with Crippen LogP contribution in [0.1, 0.15) is 25.7 Å². The Bertz CT molecular complexity index is 165. The summed E-state index contributed by atoms with van der Waals surface area (Å²) < 4.78 is 0. The molecule has 0 spiro atoms. The lowest BCUT2D eigenvalue weighted by molar-refractivity contribution is -0.131. The topological polar surface area (TPSA) is 43.1 Å². The molecule has 0 aromatic carbocycles. The molecule has 0 aromatic heterocycles. The molecule has 1 saturated carbocycles. The van der Waals surface area contributed by atoms with Crippen LogP contribution in [0, 0.1) is 5.41 Å². The van der Waals surface area contributed by atoms with Crippen LogP contribution in [0.3, 0.4) is 0 Å². The molecule has 11 heavy (non-hydrogen) atoms. The minimum absolute atomic E-state index is 0.159. The number of ketones is 1. The number of carbonyl (C=O) groups excluding carboxylic acids is 1. The molecule has 0 bridgehead atoms. The van der Waals surface area contributed by atoms with Gasteiger partial charge in [-0.25, -0.2) is 0 Å². The van der Waals surface area contributed by atoms with Gasteiger partial charge in [-0.3, -0.25) is 4.79 Å². The van der Waals surface area contributed by atoms with Gasteiger partial charge in [0.25, 0.3) is 0 Å². The van der Waals surface area contributed by atoms with Crippen LogP contribution in [0.15, 0.2) is 12.7 Å². The van der Waals surface area contributed by atoms with Gasteiger partial charge < -0.3 is 5.73 Å². The molecule has 1 aliphatic carbocycles. The Labute approximate surface area is 67.5 Å². The van der Waals surface area contributed by atoms with Crippen LogP contribution in [-0.4, -0.2) is 12.3 Å². The number of Topliss-reactive ketones (excluding diaryl/α,β-unsaturated/α-hetero) is 1. The van der Waals surface area contributed by atoms with Crippen molar-refractivity contribution in [2.45, 2.75) is 25.7 Å². The van der Waals surface area contributed by atoms with Crippen molar-refractivity contribution in [2.75, 3.05) is 6.54 Å². The van der Waals surface area contributed by atoms with Crippen molar-refractivity contribution in [3.63, 3.8) is 0 Å². The quantitative estimate of drug-likeness (QED) is 0.618. The second-order valence-electron chi connectivity index (χ2n) is 3.25. The van der Waals surface area contributed by atoms with Crippen LogP contribution in [0.4, 0.5) is 0 Å². The predicted octanol–water partition coefficient (Wildman–Crippen LogP) is 1.26. The number of carbonyl (C=O) groups is 1. The van der Waals surface area contributed by atoms with Crippen molar-refractivity contribution in [3.05, 3.63) is 12.7 Å². The van der Waals surface area contributed by atoms with Crippen molar-refractivity contribution in [1.29, 1.82) is 0 Å². The zero-order chi connectivity index (χ0) is 8.32. The standard InChI is InChI=1S/C9H15NO/c1-2-4-8(11)9(7-10)5-3-6-9/h2H,1,3-7,10H2. The molecule has 0 aliphatic heterocycles. The smallest absolute Gasteiger partial charge is 0.144 e. The SMILES string of the molecule is C=CCC(=O)C1(CN)CCC1. The van der Waals surface area contributed by atoms with Gasteiger partial charge in [-0.05, 0) is 12.8 Å². The zero-order valence-corrected chi connectivity index (χ0v) is 6.81. The molecule has 0 aromatic rings. The van der Waals surface area contributed by atoms with Crippen molar-refractivity contribution in [1.82, 2.24) is 0 Å². The molecule has 0 heterocycles. The molecule has 1 fully saturated rings.